The van der Waals surface area contributed by atoms with Gasteiger partial charge in [-0.25, -0.2) is 0 Å². The minimum absolute atomic E-state index is 0.0362. The zero-order valence-electron chi connectivity index (χ0n) is 11.9. The molecule has 106 valence electrons. The highest BCUT2D eigenvalue weighted by atomic mass is 79.9. The van der Waals surface area contributed by atoms with Crippen LogP contribution in [0, 0.1) is 6.92 Å². The number of nitrogens with two attached hydrogens (primary N) is 1. The molecule has 1 heterocycles. The fourth-order valence-electron chi connectivity index (χ4n) is 2.67. The molecule has 1 unspecified atom stereocenters. The minimum atomic E-state index is -0.0362. The second-order valence-corrected chi connectivity index (χ2v) is 6.23. The molecule has 0 fully saturated rings. The maximum atomic E-state index is 6.47. The first-order chi connectivity index (χ1) is 10.1. The Kier molecular flexibility index (Phi) is 4.04. The average Bonchev–Trinajstić information content (AvgIpc) is 2.46. The van der Waals surface area contributed by atoms with Gasteiger partial charge >= 0.3 is 0 Å². The van der Waals surface area contributed by atoms with Crippen LogP contribution >= 0.6 is 15.9 Å². The Bertz CT molecular complexity index is 783. The largest absolute Gasteiger partial charge is 0.324 e. The van der Waals surface area contributed by atoms with Crippen molar-refractivity contribution in [3.05, 3.63) is 75.9 Å². The molecule has 3 heteroatoms. The maximum Gasteiger partial charge on any atom is 0.0708 e. The van der Waals surface area contributed by atoms with E-state index in [9.17, 15) is 0 Å². The summed E-state index contributed by atoms with van der Waals surface area (Å²) in [6.45, 7) is 2.02. The van der Waals surface area contributed by atoms with Gasteiger partial charge < -0.3 is 5.73 Å². The number of benzene rings is 2. The number of rotatable bonds is 3. The van der Waals surface area contributed by atoms with Crippen LogP contribution in [0.15, 0.2) is 59.1 Å². The lowest BCUT2D eigenvalue weighted by Gasteiger charge is -2.16. The first-order valence-corrected chi connectivity index (χ1v) is 7.79. The normalized spacial score (nSPS) is 12.5. The van der Waals surface area contributed by atoms with Gasteiger partial charge in [-0.05, 0) is 48.7 Å². The molecule has 0 aliphatic rings. The van der Waals surface area contributed by atoms with Crippen molar-refractivity contribution in [2.75, 3.05) is 0 Å². The Labute approximate surface area is 133 Å². The van der Waals surface area contributed by atoms with E-state index < -0.39 is 0 Å². The fourth-order valence-corrected chi connectivity index (χ4v) is 3.12. The van der Waals surface area contributed by atoms with Crippen molar-refractivity contribution in [3.63, 3.8) is 0 Å². The molecule has 1 aromatic heterocycles. The first kappa shape index (κ1) is 14.2. The molecule has 2 aromatic carbocycles. The fraction of sp³-hybridized carbons (Fsp3) is 0.167. The van der Waals surface area contributed by atoms with Crippen molar-refractivity contribution in [2.45, 2.75) is 19.4 Å². The maximum absolute atomic E-state index is 6.47. The van der Waals surface area contributed by atoms with Gasteiger partial charge in [0, 0.05) is 21.6 Å². The zero-order chi connectivity index (χ0) is 14.8. The van der Waals surface area contributed by atoms with E-state index in [2.05, 4.69) is 45.2 Å². The molecule has 3 aromatic rings. The van der Waals surface area contributed by atoms with E-state index in [0.717, 1.165) is 33.1 Å². The molecule has 2 N–H and O–H groups in total. The third-order valence-corrected chi connectivity index (χ3v) is 4.11. The molecule has 0 spiro atoms. The Hall–Kier alpha value is -1.71. The van der Waals surface area contributed by atoms with Crippen LogP contribution in [-0.4, -0.2) is 4.98 Å². The number of hydrogen-bond acceptors (Lipinski definition) is 2. The summed E-state index contributed by atoms with van der Waals surface area (Å²) in [6.07, 6.45) is 0.812. The van der Waals surface area contributed by atoms with Crippen LogP contribution in [0.25, 0.3) is 10.9 Å². The van der Waals surface area contributed by atoms with Crippen LogP contribution in [0.2, 0.25) is 0 Å². The lowest BCUT2D eigenvalue weighted by molar-refractivity contribution is 0.726. The monoisotopic (exact) mass is 340 g/mol. The highest BCUT2D eigenvalue weighted by Gasteiger charge is 2.12. The molecule has 0 bridgehead atoms. The van der Waals surface area contributed by atoms with E-state index in [1.165, 1.54) is 5.56 Å². The number of pyridine rings is 1. The molecule has 0 aliphatic carbocycles. The van der Waals surface area contributed by atoms with Gasteiger partial charge in [0.2, 0.25) is 0 Å². The van der Waals surface area contributed by atoms with Crippen molar-refractivity contribution >= 4 is 26.8 Å². The summed E-state index contributed by atoms with van der Waals surface area (Å²) in [5.41, 5.74) is 10.9. The van der Waals surface area contributed by atoms with Crippen LogP contribution in [-0.2, 0) is 6.42 Å². The van der Waals surface area contributed by atoms with E-state index in [1.54, 1.807) is 0 Å². The molecular formula is C18H17BrN2. The lowest BCUT2D eigenvalue weighted by Crippen LogP contribution is -2.14. The summed E-state index contributed by atoms with van der Waals surface area (Å²) >= 11 is 3.51. The standard InChI is InChI=1S/C18H17BrN2/c1-12-9-16(15-7-2-3-8-18(15)21-12)17(20)11-13-5-4-6-14(19)10-13/h2-10,17H,11,20H2,1H3. The summed E-state index contributed by atoms with van der Waals surface area (Å²) in [5, 5.41) is 1.14. The van der Waals surface area contributed by atoms with Gasteiger partial charge in [0.25, 0.3) is 0 Å². The molecular weight excluding hydrogens is 324 g/mol. The summed E-state index contributed by atoms with van der Waals surface area (Å²) in [6, 6.07) is 18.6. The highest BCUT2D eigenvalue weighted by Crippen LogP contribution is 2.26. The number of aryl methyl sites for hydroxylation is 1. The third-order valence-electron chi connectivity index (χ3n) is 3.62. The van der Waals surface area contributed by atoms with E-state index in [1.807, 2.05) is 37.3 Å². The molecule has 1 atom stereocenters. The van der Waals surface area contributed by atoms with Crippen molar-refractivity contribution in [1.29, 1.82) is 0 Å². The molecule has 0 saturated heterocycles. The van der Waals surface area contributed by atoms with Crippen LogP contribution in [0.5, 0.6) is 0 Å². The number of nitrogens with zero attached hydrogens (tertiary/aromatic N) is 1. The van der Waals surface area contributed by atoms with Crippen LogP contribution in [0.3, 0.4) is 0 Å². The predicted octanol–water partition coefficient (Wildman–Crippen LogP) is 4.55. The van der Waals surface area contributed by atoms with Gasteiger partial charge in [0.15, 0.2) is 0 Å². The summed E-state index contributed by atoms with van der Waals surface area (Å²) in [7, 11) is 0. The first-order valence-electron chi connectivity index (χ1n) is 7.00. The van der Waals surface area contributed by atoms with Gasteiger partial charge in [-0.15, -0.1) is 0 Å². The highest BCUT2D eigenvalue weighted by molar-refractivity contribution is 9.10. The smallest absolute Gasteiger partial charge is 0.0708 e. The minimum Gasteiger partial charge on any atom is -0.324 e. The predicted molar refractivity (Wildman–Crippen MR) is 91.3 cm³/mol. The summed E-state index contributed by atoms with van der Waals surface area (Å²) < 4.78 is 1.09. The Morgan fingerprint density at radius 3 is 2.71 bits per heavy atom. The number of aromatic nitrogens is 1. The van der Waals surface area contributed by atoms with Gasteiger partial charge in [0.05, 0.1) is 5.52 Å². The van der Waals surface area contributed by atoms with E-state index in [0.29, 0.717) is 0 Å². The van der Waals surface area contributed by atoms with Crippen LogP contribution < -0.4 is 5.73 Å². The third kappa shape index (κ3) is 3.14. The Morgan fingerprint density at radius 1 is 1.10 bits per heavy atom. The molecule has 0 amide bonds. The van der Waals surface area contributed by atoms with E-state index in [4.69, 9.17) is 5.73 Å². The van der Waals surface area contributed by atoms with Crippen LogP contribution in [0.1, 0.15) is 22.9 Å². The van der Waals surface area contributed by atoms with Crippen molar-refractivity contribution in [2.24, 2.45) is 5.73 Å². The second-order valence-electron chi connectivity index (χ2n) is 5.31. The lowest BCUT2D eigenvalue weighted by atomic mass is 9.96. The number of hydrogen-bond donors (Lipinski definition) is 1. The van der Waals surface area contributed by atoms with Gasteiger partial charge in [-0.2, -0.15) is 0 Å². The summed E-state index contributed by atoms with van der Waals surface area (Å²) in [4.78, 5) is 4.58. The quantitative estimate of drug-likeness (QED) is 0.759. The van der Waals surface area contributed by atoms with E-state index in [-0.39, 0.29) is 6.04 Å². The molecule has 0 aliphatic heterocycles. The number of halogens is 1. The topological polar surface area (TPSA) is 38.9 Å². The Morgan fingerprint density at radius 2 is 1.90 bits per heavy atom. The van der Waals surface area contributed by atoms with Gasteiger partial charge in [0.1, 0.15) is 0 Å². The van der Waals surface area contributed by atoms with Crippen molar-refractivity contribution < 1.29 is 0 Å². The van der Waals surface area contributed by atoms with Gasteiger partial charge in [-0.1, -0.05) is 46.3 Å². The van der Waals surface area contributed by atoms with Crippen LogP contribution in [0.4, 0.5) is 0 Å². The number of para-hydroxylation sites is 1. The molecule has 0 radical (unpaired) electrons. The van der Waals surface area contributed by atoms with Crippen molar-refractivity contribution in [3.8, 4) is 0 Å². The van der Waals surface area contributed by atoms with Gasteiger partial charge in [-0.3, -0.25) is 4.98 Å². The number of fused-ring (bicyclic) bond motifs is 1. The van der Waals surface area contributed by atoms with Crippen molar-refractivity contribution in [1.82, 2.24) is 4.98 Å². The SMILES string of the molecule is Cc1cc(C(N)Cc2cccc(Br)c2)c2ccccc2n1. The molecule has 2 nitrogen and oxygen atoms in total. The molecule has 21 heavy (non-hydrogen) atoms. The second kappa shape index (κ2) is 5.96. The zero-order valence-corrected chi connectivity index (χ0v) is 13.5. The van der Waals surface area contributed by atoms with E-state index >= 15 is 0 Å². The Balaban J connectivity index is 1.99. The molecule has 3 rings (SSSR count). The molecule has 0 saturated carbocycles. The summed E-state index contributed by atoms with van der Waals surface area (Å²) in [5.74, 6) is 0. The average molecular weight is 341 g/mol.